The Hall–Kier alpha value is -0.570. The Kier molecular flexibility index (Phi) is 4.31. The van der Waals surface area contributed by atoms with Gasteiger partial charge in [-0.3, -0.25) is 10.1 Å². The minimum Gasteiger partial charge on any atom is -0.325 e. The molecule has 2 aliphatic carbocycles. The van der Waals surface area contributed by atoms with E-state index in [0.29, 0.717) is 17.2 Å². The maximum atomic E-state index is 12.8. The fourth-order valence-electron chi connectivity index (χ4n) is 4.08. The van der Waals surface area contributed by atoms with Gasteiger partial charge in [0.1, 0.15) is 0 Å². The van der Waals surface area contributed by atoms with E-state index < -0.39 is 0 Å². The van der Waals surface area contributed by atoms with Gasteiger partial charge in [0.25, 0.3) is 0 Å². The molecule has 3 fully saturated rings. The number of rotatable bonds is 8. The summed E-state index contributed by atoms with van der Waals surface area (Å²) >= 11 is 0. The molecule has 3 heteroatoms. The normalized spacial score (nSPS) is 31.2. The number of unbranched alkanes of at least 4 members (excludes halogenated alkanes) is 1. The van der Waals surface area contributed by atoms with Crippen molar-refractivity contribution in [1.82, 2.24) is 10.2 Å². The van der Waals surface area contributed by atoms with Gasteiger partial charge in [-0.05, 0) is 55.8 Å². The summed E-state index contributed by atoms with van der Waals surface area (Å²) in [5.74, 6) is 1.96. The monoisotopic (exact) mass is 292 g/mol. The average Bonchev–Trinajstić information content (AvgIpc) is 3.31. The summed E-state index contributed by atoms with van der Waals surface area (Å²) in [5.41, 5.74) is 0.520. The summed E-state index contributed by atoms with van der Waals surface area (Å²) < 4.78 is 0. The van der Waals surface area contributed by atoms with E-state index in [1.54, 1.807) is 0 Å². The zero-order chi connectivity index (χ0) is 15.0. The SMILES string of the molecule is CCCCC1NC(CC(C)C)N(CC2(C3CC3)CC2)C1=O. The molecule has 0 bridgehead atoms. The Morgan fingerprint density at radius 1 is 1.33 bits per heavy atom. The molecule has 3 aliphatic rings. The van der Waals surface area contributed by atoms with Crippen LogP contribution in [0.4, 0.5) is 0 Å². The van der Waals surface area contributed by atoms with Crippen LogP contribution in [-0.2, 0) is 4.79 Å². The number of nitrogens with one attached hydrogen (secondary N) is 1. The molecule has 3 rings (SSSR count). The average molecular weight is 292 g/mol. The highest BCUT2D eigenvalue weighted by atomic mass is 16.2. The lowest BCUT2D eigenvalue weighted by molar-refractivity contribution is -0.131. The van der Waals surface area contributed by atoms with Crippen LogP contribution in [0.2, 0.25) is 0 Å². The summed E-state index contributed by atoms with van der Waals surface area (Å²) in [6, 6.07) is 0.0868. The molecule has 21 heavy (non-hydrogen) atoms. The summed E-state index contributed by atoms with van der Waals surface area (Å²) in [7, 11) is 0. The van der Waals surface area contributed by atoms with Gasteiger partial charge in [0, 0.05) is 6.54 Å². The van der Waals surface area contributed by atoms with Gasteiger partial charge in [0.15, 0.2) is 0 Å². The first kappa shape index (κ1) is 15.3. The smallest absolute Gasteiger partial charge is 0.241 e. The Balaban J connectivity index is 1.66. The van der Waals surface area contributed by atoms with Gasteiger partial charge < -0.3 is 4.90 Å². The molecule has 0 aromatic carbocycles. The molecule has 1 heterocycles. The maximum Gasteiger partial charge on any atom is 0.241 e. The van der Waals surface area contributed by atoms with Crippen LogP contribution in [0.1, 0.15) is 72.1 Å². The van der Waals surface area contributed by atoms with E-state index in [1.165, 1.54) is 32.1 Å². The minimum atomic E-state index is 0.0868. The molecule has 0 aromatic rings. The third-order valence-electron chi connectivity index (χ3n) is 5.71. The number of hydrogen-bond acceptors (Lipinski definition) is 2. The predicted octanol–water partition coefficient (Wildman–Crippen LogP) is 3.54. The number of amides is 1. The number of carbonyl (C=O) groups excluding carboxylic acids is 1. The van der Waals surface area contributed by atoms with Crippen molar-refractivity contribution in [1.29, 1.82) is 0 Å². The van der Waals surface area contributed by atoms with Crippen LogP contribution in [-0.4, -0.2) is 29.6 Å². The van der Waals surface area contributed by atoms with Crippen molar-refractivity contribution in [3.8, 4) is 0 Å². The van der Waals surface area contributed by atoms with E-state index in [9.17, 15) is 4.79 Å². The van der Waals surface area contributed by atoms with E-state index >= 15 is 0 Å². The second-order valence-corrected chi connectivity index (χ2v) is 8.11. The quantitative estimate of drug-likeness (QED) is 0.742. The Morgan fingerprint density at radius 2 is 2.05 bits per heavy atom. The molecule has 3 nitrogen and oxygen atoms in total. The summed E-state index contributed by atoms with van der Waals surface area (Å²) in [5, 5.41) is 3.64. The molecule has 1 N–H and O–H groups in total. The Labute approximate surface area is 129 Å². The van der Waals surface area contributed by atoms with E-state index in [1.807, 2.05) is 0 Å². The van der Waals surface area contributed by atoms with Crippen molar-refractivity contribution >= 4 is 5.91 Å². The molecule has 1 aliphatic heterocycles. The molecule has 2 saturated carbocycles. The lowest BCUT2D eigenvalue weighted by Gasteiger charge is -2.30. The van der Waals surface area contributed by atoms with Crippen LogP contribution in [0.5, 0.6) is 0 Å². The molecule has 2 atom stereocenters. The fraction of sp³-hybridized carbons (Fsp3) is 0.944. The lowest BCUT2D eigenvalue weighted by Crippen LogP contribution is -2.42. The van der Waals surface area contributed by atoms with Crippen LogP contribution in [0, 0.1) is 17.3 Å². The van der Waals surface area contributed by atoms with E-state index in [-0.39, 0.29) is 12.2 Å². The third kappa shape index (κ3) is 3.28. The first-order chi connectivity index (χ1) is 10.1. The van der Waals surface area contributed by atoms with Crippen molar-refractivity contribution in [2.75, 3.05) is 6.54 Å². The zero-order valence-electron chi connectivity index (χ0n) is 14.0. The molecule has 0 radical (unpaired) electrons. The first-order valence-electron chi connectivity index (χ1n) is 9.12. The van der Waals surface area contributed by atoms with Gasteiger partial charge in [0.2, 0.25) is 5.91 Å². The Morgan fingerprint density at radius 3 is 2.57 bits per heavy atom. The summed E-state index contributed by atoms with van der Waals surface area (Å²) in [6.45, 7) is 7.76. The van der Waals surface area contributed by atoms with Crippen molar-refractivity contribution in [3.05, 3.63) is 0 Å². The Bertz CT molecular complexity index is 385. The van der Waals surface area contributed by atoms with Gasteiger partial charge in [-0.2, -0.15) is 0 Å². The molecule has 1 amide bonds. The number of nitrogens with zero attached hydrogens (tertiary/aromatic N) is 1. The van der Waals surface area contributed by atoms with Gasteiger partial charge in [-0.15, -0.1) is 0 Å². The van der Waals surface area contributed by atoms with Crippen LogP contribution in [0.15, 0.2) is 0 Å². The van der Waals surface area contributed by atoms with Gasteiger partial charge in [-0.1, -0.05) is 33.6 Å². The second kappa shape index (κ2) is 5.91. The van der Waals surface area contributed by atoms with Crippen molar-refractivity contribution < 1.29 is 4.79 Å². The summed E-state index contributed by atoms with van der Waals surface area (Å²) in [6.07, 6.45) is 10.2. The lowest BCUT2D eigenvalue weighted by atomic mass is 9.98. The molecular weight excluding hydrogens is 260 g/mol. The summed E-state index contributed by atoms with van der Waals surface area (Å²) in [4.78, 5) is 15.0. The van der Waals surface area contributed by atoms with Crippen molar-refractivity contribution in [3.63, 3.8) is 0 Å². The molecule has 120 valence electrons. The highest BCUT2D eigenvalue weighted by molar-refractivity contribution is 5.84. The predicted molar refractivity (Wildman–Crippen MR) is 85.8 cm³/mol. The first-order valence-corrected chi connectivity index (χ1v) is 9.12. The standard InChI is InChI=1S/C18H32N2O/c1-4-5-6-15-17(21)20(16(19-15)11-13(2)3)12-18(9-10-18)14-7-8-14/h13-16,19H,4-12H2,1-3H3. The fourth-order valence-corrected chi connectivity index (χ4v) is 4.08. The zero-order valence-corrected chi connectivity index (χ0v) is 14.0. The topological polar surface area (TPSA) is 32.3 Å². The number of hydrogen-bond donors (Lipinski definition) is 1. The van der Waals surface area contributed by atoms with Gasteiger partial charge in [-0.25, -0.2) is 0 Å². The van der Waals surface area contributed by atoms with E-state index in [2.05, 4.69) is 31.0 Å². The molecule has 1 saturated heterocycles. The van der Waals surface area contributed by atoms with Gasteiger partial charge >= 0.3 is 0 Å². The van der Waals surface area contributed by atoms with Crippen molar-refractivity contribution in [2.45, 2.75) is 84.3 Å². The molecule has 0 aromatic heterocycles. The van der Waals surface area contributed by atoms with Gasteiger partial charge in [0.05, 0.1) is 12.2 Å². The highest BCUT2D eigenvalue weighted by Crippen LogP contribution is 2.61. The van der Waals surface area contributed by atoms with Crippen LogP contribution < -0.4 is 5.32 Å². The van der Waals surface area contributed by atoms with Crippen LogP contribution in [0.3, 0.4) is 0 Å². The van der Waals surface area contributed by atoms with Crippen LogP contribution >= 0.6 is 0 Å². The largest absolute Gasteiger partial charge is 0.325 e. The third-order valence-corrected chi connectivity index (χ3v) is 5.71. The second-order valence-electron chi connectivity index (χ2n) is 8.11. The number of carbonyl (C=O) groups is 1. The highest BCUT2D eigenvalue weighted by Gasteiger charge is 2.56. The van der Waals surface area contributed by atoms with E-state index in [4.69, 9.17) is 0 Å². The minimum absolute atomic E-state index is 0.0868. The van der Waals surface area contributed by atoms with Crippen molar-refractivity contribution in [2.24, 2.45) is 17.3 Å². The molecular formula is C18H32N2O. The molecule has 2 unspecified atom stereocenters. The van der Waals surface area contributed by atoms with E-state index in [0.717, 1.165) is 31.7 Å². The molecule has 0 spiro atoms. The maximum absolute atomic E-state index is 12.8. The van der Waals surface area contributed by atoms with Crippen LogP contribution in [0.25, 0.3) is 0 Å².